The summed E-state index contributed by atoms with van der Waals surface area (Å²) in [6, 6.07) is 9.45. The van der Waals surface area contributed by atoms with Gasteiger partial charge in [0.1, 0.15) is 24.4 Å². The first kappa shape index (κ1) is 13.9. The second kappa shape index (κ2) is 5.77. The lowest BCUT2D eigenvalue weighted by Gasteiger charge is -2.45. The molecule has 2 N–H and O–H groups in total. The van der Waals surface area contributed by atoms with Gasteiger partial charge in [0.25, 0.3) is 0 Å². The SMILES string of the molecule is CO[C@@H]1O[C@H]2COC(c3ccccc3)O[C@H]2[C@H](O)[C@H]1O. The minimum Gasteiger partial charge on any atom is -0.387 e. The minimum atomic E-state index is -1.14. The lowest BCUT2D eigenvalue weighted by molar-refractivity contribution is -0.358. The third-order valence-electron chi connectivity index (χ3n) is 3.64. The number of hydrogen-bond donors (Lipinski definition) is 2. The Balaban J connectivity index is 1.74. The first-order valence-electron chi connectivity index (χ1n) is 6.57. The second-order valence-electron chi connectivity index (χ2n) is 4.94. The third-order valence-corrected chi connectivity index (χ3v) is 3.64. The van der Waals surface area contributed by atoms with Gasteiger partial charge in [-0.2, -0.15) is 0 Å². The fourth-order valence-corrected chi connectivity index (χ4v) is 2.55. The van der Waals surface area contributed by atoms with Crippen LogP contribution in [0.25, 0.3) is 0 Å². The first-order valence-corrected chi connectivity index (χ1v) is 6.57. The molecule has 6 nitrogen and oxygen atoms in total. The third kappa shape index (κ3) is 2.46. The Kier molecular flexibility index (Phi) is 4.02. The number of hydrogen-bond acceptors (Lipinski definition) is 6. The molecule has 0 bridgehead atoms. The monoisotopic (exact) mass is 282 g/mol. The highest BCUT2D eigenvalue weighted by molar-refractivity contribution is 5.16. The molecule has 2 heterocycles. The smallest absolute Gasteiger partial charge is 0.186 e. The molecule has 2 saturated heterocycles. The average Bonchev–Trinajstić information content (AvgIpc) is 2.51. The van der Waals surface area contributed by atoms with Gasteiger partial charge in [-0.25, -0.2) is 0 Å². The fourth-order valence-electron chi connectivity index (χ4n) is 2.55. The van der Waals surface area contributed by atoms with Crippen LogP contribution in [0.5, 0.6) is 0 Å². The number of benzene rings is 1. The van der Waals surface area contributed by atoms with Crippen LogP contribution in [-0.2, 0) is 18.9 Å². The van der Waals surface area contributed by atoms with E-state index in [2.05, 4.69) is 0 Å². The molecular formula is C14H18O6. The molecule has 0 saturated carbocycles. The number of fused-ring (bicyclic) bond motifs is 1. The van der Waals surface area contributed by atoms with E-state index in [0.717, 1.165) is 5.56 Å². The van der Waals surface area contributed by atoms with Gasteiger partial charge < -0.3 is 29.2 Å². The van der Waals surface area contributed by atoms with Crippen LogP contribution in [0.1, 0.15) is 11.9 Å². The highest BCUT2D eigenvalue weighted by Gasteiger charge is 2.48. The van der Waals surface area contributed by atoms with Gasteiger partial charge in [-0.1, -0.05) is 30.3 Å². The molecule has 0 spiro atoms. The Bertz CT molecular complexity index is 437. The van der Waals surface area contributed by atoms with Gasteiger partial charge >= 0.3 is 0 Å². The number of ether oxygens (including phenoxy) is 4. The van der Waals surface area contributed by atoms with Gasteiger partial charge in [0.05, 0.1) is 6.61 Å². The summed E-state index contributed by atoms with van der Waals surface area (Å²) in [4.78, 5) is 0. The molecule has 1 aromatic rings. The molecule has 6 heteroatoms. The molecule has 2 aliphatic rings. The highest BCUT2D eigenvalue weighted by atomic mass is 16.7. The van der Waals surface area contributed by atoms with E-state index in [-0.39, 0.29) is 6.61 Å². The Morgan fingerprint density at radius 1 is 1.10 bits per heavy atom. The fraction of sp³-hybridized carbons (Fsp3) is 0.571. The standard InChI is InChI=1S/C14H18O6/c1-17-14-11(16)10(15)12-9(19-14)7-18-13(20-12)8-5-3-2-4-6-8/h2-6,9-16H,7H2,1H3/t9-,10+,11+,12+,13?,14+/m0/s1. The summed E-state index contributed by atoms with van der Waals surface area (Å²) in [7, 11) is 1.41. The normalized spacial score (nSPS) is 41.1. The molecule has 1 aromatic carbocycles. The molecule has 20 heavy (non-hydrogen) atoms. The van der Waals surface area contributed by atoms with Crippen molar-refractivity contribution in [2.75, 3.05) is 13.7 Å². The van der Waals surface area contributed by atoms with Crippen molar-refractivity contribution in [2.45, 2.75) is 37.0 Å². The van der Waals surface area contributed by atoms with Crippen LogP contribution in [0, 0.1) is 0 Å². The van der Waals surface area contributed by atoms with Crippen LogP contribution < -0.4 is 0 Å². The van der Waals surface area contributed by atoms with E-state index in [1.165, 1.54) is 7.11 Å². The number of aliphatic hydroxyl groups excluding tert-OH is 2. The van der Waals surface area contributed by atoms with Gasteiger partial charge in [-0.3, -0.25) is 0 Å². The molecule has 110 valence electrons. The maximum atomic E-state index is 10.1. The van der Waals surface area contributed by atoms with E-state index in [9.17, 15) is 10.2 Å². The zero-order chi connectivity index (χ0) is 14.1. The van der Waals surface area contributed by atoms with Crippen LogP contribution >= 0.6 is 0 Å². The van der Waals surface area contributed by atoms with Gasteiger partial charge in [0.15, 0.2) is 12.6 Å². The zero-order valence-electron chi connectivity index (χ0n) is 11.1. The Labute approximate surface area is 116 Å². The van der Waals surface area contributed by atoms with E-state index in [1.54, 1.807) is 0 Å². The zero-order valence-corrected chi connectivity index (χ0v) is 11.1. The summed E-state index contributed by atoms with van der Waals surface area (Å²) in [6.45, 7) is 0.272. The minimum absolute atomic E-state index is 0.272. The van der Waals surface area contributed by atoms with E-state index in [0.29, 0.717) is 0 Å². The van der Waals surface area contributed by atoms with Crippen molar-refractivity contribution >= 4 is 0 Å². The van der Waals surface area contributed by atoms with Crippen molar-refractivity contribution in [1.82, 2.24) is 0 Å². The van der Waals surface area contributed by atoms with Crippen molar-refractivity contribution in [3.8, 4) is 0 Å². The van der Waals surface area contributed by atoms with Crippen LogP contribution in [-0.4, -0.2) is 54.6 Å². The lowest BCUT2D eigenvalue weighted by Crippen LogP contribution is -2.62. The largest absolute Gasteiger partial charge is 0.387 e. The quantitative estimate of drug-likeness (QED) is 0.806. The van der Waals surface area contributed by atoms with Crippen LogP contribution in [0.4, 0.5) is 0 Å². The Morgan fingerprint density at radius 3 is 2.55 bits per heavy atom. The molecule has 0 amide bonds. The molecule has 1 unspecified atom stereocenters. The summed E-state index contributed by atoms with van der Waals surface area (Å²) in [6.07, 6.45) is -4.76. The molecule has 2 aliphatic heterocycles. The van der Waals surface area contributed by atoms with Gasteiger partial charge in [0.2, 0.25) is 0 Å². The van der Waals surface area contributed by atoms with Crippen LogP contribution in [0.15, 0.2) is 30.3 Å². The number of aliphatic hydroxyl groups is 2. The second-order valence-corrected chi connectivity index (χ2v) is 4.94. The summed E-state index contributed by atoms with van der Waals surface area (Å²) < 4.78 is 21.9. The Morgan fingerprint density at radius 2 is 1.85 bits per heavy atom. The van der Waals surface area contributed by atoms with Crippen LogP contribution in [0.2, 0.25) is 0 Å². The van der Waals surface area contributed by atoms with E-state index in [1.807, 2.05) is 30.3 Å². The van der Waals surface area contributed by atoms with Crippen LogP contribution in [0.3, 0.4) is 0 Å². The van der Waals surface area contributed by atoms with E-state index >= 15 is 0 Å². The van der Waals surface area contributed by atoms with E-state index in [4.69, 9.17) is 18.9 Å². The average molecular weight is 282 g/mol. The predicted molar refractivity (Wildman–Crippen MR) is 67.7 cm³/mol. The molecule has 0 aromatic heterocycles. The first-order chi connectivity index (χ1) is 9.70. The van der Waals surface area contributed by atoms with Crippen molar-refractivity contribution in [2.24, 2.45) is 0 Å². The highest BCUT2D eigenvalue weighted by Crippen LogP contribution is 2.33. The molecule has 6 atom stereocenters. The molecule has 3 rings (SSSR count). The van der Waals surface area contributed by atoms with Gasteiger partial charge in [-0.15, -0.1) is 0 Å². The number of methoxy groups -OCH3 is 1. The van der Waals surface area contributed by atoms with Crippen molar-refractivity contribution < 1.29 is 29.2 Å². The summed E-state index contributed by atoms with van der Waals surface area (Å²) in [5.41, 5.74) is 0.863. The summed E-state index contributed by atoms with van der Waals surface area (Å²) >= 11 is 0. The molecule has 0 aliphatic carbocycles. The maximum absolute atomic E-state index is 10.1. The lowest BCUT2D eigenvalue weighted by atomic mass is 9.98. The maximum Gasteiger partial charge on any atom is 0.186 e. The van der Waals surface area contributed by atoms with Gasteiger partial charge in [-0.05, 0) is 0 Å². The van der Waals surface area contributed by atoms with Crippen molar-refractivity contribution in [3.05, 3.63) is 35.9 Å². The van der Waals surface area contributed by atoms with E-state index < -0.39 is 37.0 Å². The summed E-state index contributed by atoms with van der Waals surface area (Å²) in [5.74, 6) is 0. The Hall–Kier alpha value is -1.02. The van der Waals surface area contributed by atoms with Gasteiger partial charge in [0, 0.05) is 12.7 Å². The molecule has 2 fully saturated rings. The topological polar surface area (TPSA) is 77.4 Å². The molecular weight excluding hydrogens is 264 g/mol. The predicted octanol–water partition coefficient (Wildman–Crippen LogP) is 0.194. The number of rotatable bonds is 2. The molecule has 0 radical (unpaired) electrons. The van der Waals surface area contributed by atoms with Crippen molar-refractivity contribution in [1.29, 1.82) is 0 Å². The van der Waals surface area contributed by atoms with Crippen molar-refractivity contribution in [3.63, 3.8) is 0 Å². The summed E-state index contributed by atoms with van der Waals surface area (Å²) in [5, 5.41) is 20.1.